The van der Waals surface area contributed by atoms with Crippen molar-refractivity contribution in [3.63, 3.8) is 0 Å². The van der Waals surface area contributed by atoms with Crippen LogP contribution < -0.4 is 4.90 Å². The molecule has 6 rings (SSSR count). The van der Waals surface area contributed by atoms with Gasteiger partial charge in [-0.1, -0.05) is 12.1 Å². The van der Waals surface area contributed by atoms with Crippen molar-refractivity contribution in [2.75, 3.05) is 11.4 Å². The summed E-state index contributed by atoms with van der Waals surface area (Å²) in [6.45, 7) is 4.06. The van der Waals surface area contributed by atoms with Gasteiger partial charge < -0.3 is 4.90 Å². The SMILES string of the molecule is CC1CC(n2nnc3c2CN(c2ccc4nnc(C5CC5)n4n2)CC3)C1. The molecule has 8 heteroatoms. The smallest absolute Gasteiger partial charge is 0.178 e. The number of aromatic nitrogens is 7. The molecule has 3 aliphatic rings. The van der Waals surface area contributed by atoms with Gasteiger partial charge in [0.15, 0.2) is 11.5 Å². The predicted octanol–water partition coefficient (Wildman–Crippen LogP) is 2.13. The zero-order valence-electron chi connectivity index (χ0n) is 14.9. The molecule has 4 heterocycles. The van der Waals surface area contributed by atoms with Crippen LogP contribution in [0.25, 0.3) is 5.65 Å². The molecule has 0 saturated heterocycles. The second kappa shape index (κ2) is 5.25. The van der Waals surface area contributed by atoms with Crippen LogP contribution in [-0.4, -0.2) is 41.4 Å². The van der Waals surface area contributed by atoms with Gasteiger partial charge in [0.1, 0.15) is 5.82 Å². The lowest BCUT2D eigenvalue weighted by Gasteiger charge is -2.35. The lowest BCUT2D eigenvalue weighted by molar-refractivity contribution is 0.193. The molecule has 0 amide bonds. The number of hydrogen-bond donors (Lipinski definition) is 0. The van der Waals surface area contributed by atoms with E-state index in [1.807, 2.05) is 10.6 Å². The summed E-state index contributed by atoms with van der Waals surface area (Å²) in [5.41, 5.74) is 3.26. The molecule has 0 unspecified atom stereocenters. The first kappa shape index (κ1) is 14.6. The molecule has 2 aliphatic carbocycles. The highest BCUT2D eigenvalue weighted by Gasteiger charge is 2.33. The molecule has 134 valence electrons. The minimum absolute atomic E-state index is 0.524. The Labute approximate surface area is 151 Å². The molecule has 0 atom stereocenters. The van der Waals surface area contributed by atoms with Gasteiger partial charge in [0.25, 0.3) is 0 Å². The molecule has 2 saturated carbocycles. The fourth-order valence-electron chi connectivity index (χ4n) is 4.31. The highest BCUT2D eigenvalue weighted by molar-refractivity contribution is 5.47. The molecule has 0 N–H and O–H groups in total. The standard InChI is InChI=1S/C18H22N8/c1-11-8-13(9-11)25-15-10-24(7-6-14(15)19-23-25)17-5-4-16-20-21-18(12-2-3-12)26(16)22-17/h4-5,11-13H,2-3,6-10H2,1H3. The molecular weight excluding hydrogens is 328 g/mol. The van der Waals surface area contributed by atoms with Crippen molar-refractivity contribution in [1.29, 1.82) is 0 Å². The summed E-state index contributed by atoms with van der Waals surface area (Å²) < 4.78 is 4.11. The minimum Gasteiger partial charge on any atom is -0.349 e. The number of hydrogen-bond acceptors (Lipinski definition) is 6. The molecule has 0 bridgehead atoms. The third-order valence-electron chi connectivity index (χ3n) is 6.06. The molecule has 0 radical (unpaired) electrons. The average molecular weight is 350 g/mol. The Morgan fingerprint density at radius 3 is 2.77 bits per heavy atom. The lowest BCUT2D eigenvalue weighted by Crippen LogP contribution is -2.35. The minimum atomic E-state index is 0.524. The van der Waals surface area contributed by atoms with Crippen LogP contribution in [0.4, 0.5) is 5.82 Å². The van der Waals surface area contributed by atoms with Crippen molar-refractivity contribution >= 4 is 11.5 Å². The maximum Gasteiger partial charge on any atom is 0.178 e. The normalized spacial score (nSPS) is 25.3. The van der Waals surface area contributed by atoms with Gasteiger partial charge in [0, 0.05) is 18.9 Å². The van der Waals surface area contributed by atoms with E-state index in [9.17, 15) is 0 Å². The number of rotatable bonds is 3. The van der Waals surface area contributed by atoms with Gasteiger partial charge in [-0.3, -0.25) is 0 Å². The van der Waals surface area contributed by atoms with E-state index < -0.39 is 0 Å². The summed E-state index contributed by atoms with van der Waals surface area (Å²) in [6, 6.07) is 4.61. The predicted molar refractivity (Wildman–Crippen MR) is 95.0 cm³/mol. The fraction of sp³-hybridized carbons (Fsp3) is 0.611. The lowest BCUT2D eigenvalue weighted by atomic mass is 9.82. The van der Waals surface area contributed by atoms with E-state index in [1.54, 1.807) is 0 Å². The van der Waals surface area contributed by atoms with E-state index in [1.165, 1.54) is 31.4 Å². The summed E-state index contributed by atoms with van der Waals surface area (Å²) in [4.78, 5) is 2.33. The van der Waals surface area contributed by atoms with E-state index in [-0.39, 0.29) is 0 Å². The summed E-state index contributed by atoms with van der Waals surface area (Å²) in [5, 5.41) is 22.4. The van der Waals surface area contributed by atoms with Gasteiger partial charge in [-0.2, -0.15) is 4.52 Å². The van der Waals surface area contributed by atoms with Crippen molar-refractivity contribution < 1.29 is 0 Å². The van der Waals surface area contributed by atoms with E-state index in [0.717, 1.165) is 48.4 Å². The van der Waals surface area contributed by atoms with Gasteiger partial charge in [0.2, 0.25) is 0 Å². The van der Waals surface area contributed by atoms with Crippen molar-refractivity contribution in [2.24, 2.45) is 5.92 Å². The monoisotopic (exact) mass is 350 g/mol. The molecule has 2 fully saturated rings. The molecule has 0 aromatic carbocycles. The molecule has 8 nitrogen and oxygen atoms in total. The largest absolute Gasteiger partial charge is 0.349 e. The van der Waals surface area contributed by atoms with Gasteiger partial charge in [0.05, 0.1) is 24.0 Å². The quantitative estimate of drug-likeness (QED) is 0.720. The van der Waals surface area contributed by atoms with E-state index in [4.69, 9.17) is 5.10 Å². The molecule has 1 aliphatic heterocycles. The Morgan fingerprint density at radius 1 is 1.08 bits per heavy atom. The molecular formula is C18H22N8. The first-order valence-electron chi connectivity index (χ1n) is 9.66. The number of nitrogens with zero attached hydrogens (tertiary/aromatic N) is 8. The van der Waals surface area contributed by atoms with Gasteiger partial charge >= 0.3 is 0 Å². The maximum absolute atomic E-state index is 4.87. The van der Waals surface area contributed by atoms with Crippen molar-refractivity contribution in [3.05, 3.63) is 29.3 Å². The van der Waals surface area contributed by atoms with Crippen molar-refractivity contribution in [1.82, 2.24) is 34.8 Å². The van der Waals surface area contributed by atoms with E-state index in [2.05, 4.69) is 43.1 Å². The molecule has 26 heavy (non-hydrogen) atoms. The van der Waals surface area contributed by atoms with Gasteiger partial charge in [-0.05, 0) is 43.7 Å². The Hall–Kier alpha value is -2.51. The third kappa shape index (κ3) is 2.17. The van der Waals surface area contributed by atoms with Crippen LogP contribution >= 0.6 is 0 Å². The first-order valence-corrected chi connectivity index (χ1v) is 9.66. The van der Waals surface area contributed by atoms with Crippen LogP contribution in [0.3, 0.4) is 0 Å². The van der Waals surface area contributed by atoms with Crippen LogP contribution in [0.2, 0.25) is 0 Å². The van der Waals surface area contributed by atoms with Gasteiger partial charge in [-0.25, -0.2) is 4.68 Å². The van der Waals surface area contributed by atoms with E-state index >= 15 is 0 Å². The Bertz CT molecular complexity index is 978. The van der Waals surface area contributed by atoms with Crippen LogP contribution in [0.5, 0.6) is 0 Å². The van der Waals surface area contributed by atoms with Crippen molar-refractivity contribution in [3.8, 4) is 0 Å². The van der Waals surface area contributed by atoms with Crippen LogP contribution in [-0.2, 0) is 13.0 Å². The second-order valence-corrected chi connectivity index (χ2v) is 8.12. The second-order valence-electron chi connectivity index (χ2n) is 8.12. The highest BCUT2D eigenvalue weighted by atomic mass is 15.5. The zero-order valence-corrected chi connectivity index (χ0v) is 14.9. The summed E-state index contributed by atoms with van der Waals surface area (Å²) in [6.07, 6.45) is 5.75. The van der Waals surface area contributed by atoms with Crippen LogP contribution in [0.1, 0.15) is 61.8 Å². The fourth-order valence-corrected chi connectivity index (χ4v) is 4.31. The van der Waals surface area contributed by atoms with E-state index in [0.29, 0.717) is 12.0 Å². The van der Waals surface area contributed by atoms with Crippen LogP contribution in [0.15, 0.2) is 12.1 Å². The first-order chi connectivity index (χ1) is 12.8. The Kier molecular flexibility index (Phi) is 2.95. The molecule has 3 aromatic heterocycles. The molecule has 0 spiro atoms. The van der Waals surface area contributed by atoms with Crippen molar-refractivity contribution in [2.45, 2.75) is 57.5 Å². The zero-order chi connectivity index (χ0) is 17.3. The summed E-state index contributed by atoms with van der Waals surface area (Å²) in [5.74, 6) is 3.33. The molecule has 3 aromatic rings. The number of anilines is 1. The Balaban J connectivity index is 1.33. The van der Waals surface area contributed by atoms with Crippen LogP contribution in [0, 0.1) is 5.92 Å². The van der Waals surface area contributed by atoms with Gasteiger partial charge in [-0.15, -0.1) is 20.4 Å². The number of fused-ring (bicyclic) bond motifs is 2. The topological polar surface area (TPSA) is 77.0 Å². The Morgan fingerprint density at radius 2 is 1.96 bits per heavy atom. The third-order valence-corrected chi connectivity index (χ3v) is 6.06. The average Bonchev–Trinajstić information content (AvgIpc) is 3.26. The highest BCUT2D eigenvalue weighted by Crippen LogP contribution is 2.40. The maximum atomic E-state index is 4.87. The summed E-state index contributed by atoms with van der Waals surface area (Å²) >= 11 is 0. The summed E-state index contributed by atoms with van der Waals surface area (Å²) in [7, 11) is 0.